The predicted molar refractivity (Wildman–Crippen MR) is 82.0 cm³/mol. The Labute approximate surface area is 127 Å². The standard InChI is InChI=1S/C17H13ClFNO/c18-10-14-9-15(19)4-6-17(14)21-11-12-3-5-16-13(8-12)2-1-7-20-16/h1-9H,10-11H2. The van der Waals surface area contributed by atoms with E-state index in [9.17, 15) is 4.39 Å². The van der Waals surface area contributed by atoms with Crippen molar-refractivity contribution in [2.45, 2.75) is 12.5 Å². The fourth-order valence-electron chi connectivity index (χ4n) is 2.17. The summed E-state index contributed by atoms with van der Waals surface area (Å²) in [5, 5.41) is 1.07. The van der Waals surface area contributed by atoms with E-state index in [0.29, 0.717) is 17.9 Å². The van der Waals surface area contributed by atoms with Crippen LogP contribution in [0.3, 0.4) is 0 Å². The molecule has 0 bridgehead atoms. The molecule has 21 heavy (non-hydrogen) atoms. The van der Waals surface area contributed by atoms with E-state index in [1.54, 1.807) is 12.3 Å². The van der Waals surface area contributed by atoms with E-state index < -0.39 is 0 Å². The van der Waals surface area contributed by atoms with Gasteiger partial charge in [0.25, 0.3) is 0 Å². The molecule has 0 saturated heterocycles. The molecule has 1 aromatic heterocycles. The number of ether oxygens (including phenoxy) is 1. The van der Waals surface area contributed by atoms with Crippen LogP contribution < -0.4 is 4.74 Å². The smallest absolute Gasteiger partial charge is 0.124 e. The van der Waals surface area contributed by atoms with Gasteiger partial charge in [-0.25, -0.2) is 4.39 Å². The van der Waals surface area contributed by atoms with Crippen molar-refractivity contribution in [2.75, 3.05) is 0 Å². The van der Waals surface area contributed by atoms with Crippen molar-refractivity contribution >= 4 is 22.5 Å². The van der Waals surface area contributed by atoms with Gasteiger partial charge in [0.05, 0.1) is 11.4 Å². The maximum atomic E-state index is 13.2. The minimum atomic E-state index is -0.310. The lowest BCUT2D eigenvalue weighted by atomic mass is 10.1. The molecule has 1 heterocycles. The third-order valence-electron chi connectivity index (χ3n) is 3.23. The maximum Gasteiger partial charge on any atom is 0.124 e. The number of hydrogen-bond acceptors (Lipinski definition) is 2. The number of hydrogen-bond donors (Lipinski definition) is 0. The van der Waals surface area contributed by atoms with Gasteiger partial charge in [-0.1, -0.05) is 12.1 Å². The van der Waals surface area contributed by atoms with Gasteiger partial charge in [0, 0.05) is 17.1 Å². The fourth-order valence-corrected chi connectivity index (χ4v) is 2.38. The van der Waals surface area contributed by atoms with E-state index in [1.165, 1.54) is 12.1 Å². The minimum Gasteiger partial charge on any atom is -0.489 e. The molecule has 3 rings (SSSR count). The van der Waals surface area contributed by atoms with Crippen LogP contribution in [0.5, 0.6) is 5.75 Å². The SMILES string of the molecule is Fc1ccc(OCc2ccc3ncccc3c2)c(CCl)c1. The molecule has 0 fully saturated rings. The zero-order chi connectivity index (χ0) is 14.7. The van der Waals surface area contributed by atoms with Gasteiger partial charge in [0.1, 0.15) is 18.2 Å². The number of rotatable bonds is 4. The monoisotopic (exact) mass is 301 g/mol. The molecule has 0 amide bonds. The van der Waals surface area contributed by atoms with Crippen LogP contribution in [0.15, 0.2) is 54.7 Å². The summed E-state index contributed by atoms with van der Waals surface area (Å²) in [5.74, 6) is 0.516. The summed E-state index contributed by atoms with van der Waals surface area (Å²) < 4.78 is 18.9. The first-order valence-corrected chi connectivity index (χ1v) is 7.10. The van der Waals surface area contributed by atoms with Crippen molar-refractivity contribution in [3.8, 4) is 5.75 Å². The highest BCUT2D eigenvalue weighted by molar-refractivity contribution is 6.17. The summed E-state index contributed by atoms with van der Waals surface area (Å²) in [7, 11) is 0. The molecule has 2 aromatic carbocycles. The van der Waals surface area contributed by atoms with E-state index in [-0.39, 0.29) is 11.7 Å². The molecule has 0 spiro atoms. The number of benzene rings is 2. The zero-order valence-corrected chi connectivity index (χ0v) is 12.0. The highest BCUT2D eigenvalue weighted by Crippen LogP contribution is 2.23. The van der Waals surface area contributed by atoms with Crippen molar-refractivity contribution in [3.63, 3.8) is 0 Å². The Hall–Kier alpha value is -2.13. The second-order valence-corrected chi connectivity index (χ2v) is 4.97. The number of nitrogens with zero attached hydrogens (tertiary/aromatic N) is 1. The Morgan fingerprint density at radius 1 is 1.10 bits per heavy atom. The molecule has 0 N–H and O–H groups in total. The molecular formula is C17H13ClFNO. The third-order valence-corrected chi connectivity index (χ3v) is 3.52. The van der Waals surface area contributed by atoms with Gasteiger partial charge in [-0.2, -0.15) is 0 Å². The molecule has 106 valence electrons. The van der Waals surface area contributed by atoms with Crippen molar-refractivity contribution in [2.24, 2.45) is 0 Å². The summed E-state index contributed by atoms with van der Waals surface area (Å²) in [6.45, 7) is 0.403. The summed E-state index contributed by atoms with van der Waals surface area (Å²) in [5.41, 5.74) is 2.63. The van der Waals surface area contributed by atoms with Gasteiger partial charge < -0.3 is 4.74 Å². The Kier molecular flexibility index (Phi) is 4.02. The summed E-state index contributed by atoms with van der Waals surface area (Å²) in [6, 6.07) is 14.2. The zero-order valence-electron chi connectivity index (χ0n) is 11.2. The van der Waals surface area contributed by atoms with E-state index in [1.807, 2.05) is 30.3 Å². The molecule has 0 aliphatic heterocycles. The van der Waals surface area contributed by atoms with Gasteiger partial charge >= 0.3 is 0 Å². The quantitative estimate of drug-likeness (QED) is 0.652. The number of halogens is 2. The van der Waals surface area contributed by atoms with Crippen LogP contribution in [0.4, 0.5) is 4.39 Å². The van der Waals surface area contributed by atoms with Crippen LogP contribution in [0, 0.1) is 5.82 Å². The van der Waals surface area contributed by atoms with Gasteiger partial charge in [0.2, 0.25) is 0 Å². The molecule has 2 nitrogen and oxygen atoms in total. The average molecular weight is 302 g/mol. The van der Waals surface area contributed by atoms with Crippen LogP contribution in [0.25, 0.3) is 10.9 Å². The highest BCUT2D eigenvalue weighted by atomic mass is 35.5. The predicted octanol–water partition coefficient (Wildman–Crippen LogP) is 4.69. The Morgan fingerprint density at radius 2 is 2.00 bits per heavy atom. The molecule has 0 saturated carbocycles. The number of pyridine rings is 1. The lowest BCUT2D eigenvalue weighted by Gasteiger charge is -2.10. The molecule has 0 unspecified atom stereocenters. The second-order valence-electron chi connectivity index (χ2n) is 4.70. The van der Waals surface area contributed by atoms with Gasteiger partial charge in [-0.3, -0.25) is 4.98 Å². The normalized spacial score (nSPS) is 10.8. The lowest BCUT2D eigenvalue weighted by Crippen LogP contribution is -1.98. The molecule has 4 heteroatoms. The molecule has 0 atom stereocenters. The van der Waals surface area contributed by atoms with Crippen LogP contribution in [0.2, 0.25) is 0 Å². The highest BCUT2D eigenvalue weighted by Gasteiger charge is 2.05. The first kappa shape index (κ1) is 13.8. The Balaban J connectivity index is 1.80. The van der Waals surface area contributed by atoms with Crippen LogP contribution in [-0.2, 0) is 12.5 Å². The van der Waals surface area contributed by atoms with Gasteiger partial charge in [-0.15, -0.1) is 11.6 Å². The molecule has 0 aliphatic rings. The van der Waals surface area contributed by atoms with Crippen molar-refractivity contribution in [1.29, 1.82) is 0 Å². The Morgan fingerprint density at radius 3 is 2.86 bits per heavy atom. The summed E-state index contributed by atoms with van der Waals surface area (Å²) >= 11 is 5.81. The van der Waals surface area contributed by atoms with Crippen LogP contribution in [-0.4, -0.2) is 4.98 Å². The van der Waals surface area contributed by atoms with E-state index in [0.717, 1.165) is 16.5 Å². The summed E-state index contributed by atoms with van der Waals surface area (Å²) in [6.07, 6.45) is 1.77. The van der Waals surface area contributed by atoms with Gasteiger partial charge in [-0.05, 0) is 42.0 Å². The van der Waals surface area contributed by atoms with Crippen molar-refractivity contribution in [1.82, 2.24) is 4.98 Å². The maximum absolute atomic E-state index is 13.2. The van der Waals surface area contributed by atoms with Crippen LogP contribution in [0.1, 0.15) is 11.1 Å². The largest absolute Gasteiger partial charge is 0.489 e. The Bertz CT molecular complexity index is 776. The van der Waals surface area contributed by atoms with E-state index in [4.69, 9.17) is 16.3 Å². The molecular weight excluding hydrogens is 289 g/mol. The average Bonchev–Trinajstić information content (AvgIpc) is 2.53. The van der Waals surface area contributed by atoms with E-state index >= 15 is 0 Å². The van der Waals surface area contributed by atoms with Crippen molar-refractivity contribution in [3.05, 3.63) is 71.7 Å². The lowest BCUT2D eigenvalue weighted by molar-refractivity contribution is 0.303. The molecule has 3 aromatic rings. The summed E-state index contributed by atoms with van der Waals surface area (Å²) in [4.78, 5) is 4.28. The topological polar surface area (TPSA) is 22.1 Å². The van der Waals surface area contributed by atoms with Crippen LogP contribution >= 0.6 is 11.6 Å². The minimum absolute atomic E-state index is 0.217. The number of fused-ring (bicyclic) bond motifs is 1. The first-order valence-electron chi connectivity index (χ1n) is 6.57. The second kappa shape index (κ2) is 6.10. The van der Waals surface area contributed by atoms with Gasteiger partial charge in [0.15, 0.2) is 0 Å². The van der Waals surface area contributed by atoms with E-state index in [2.05, 4.69) is 4.98 Å². The molecule has 0 aliphatic carbocycles. The van der Waals surface area contributed by atoms with Crippen molar-refractivity contribution < 1.29 is 9.13 Å². The first-order chi connectivity index (χ1) is 10.3. The number of alkyl halides is 1. The fraction of sp³-hybridized carbons (Fsp3) is 0.118. The molecule has 0 radical (unpaired) electrons. The number of aromatic nitrogens is 1. The third kappa shape index (κ3) is 3.14.